The van der Waals surface area contributed by atoms with Gasteiger partial charge in [-0.15, -0.1) is 0 Å². The van der Waals surface area contributed by atoms with E-state index in [4.69, 9.17) is 19.9 Å². The van der Waals surface area contributed by atoms with Gasteiger partial charge in [-0.3, -0.25) is 14.7 Å². The van der Waals surface area contributed by atoms with Crippen LogP contribution in [0.25, 0.3) is 10.9 Å². The number of nitrogens with one attached hydrogen (secondary N) is 3. The van der Waals surface area contributed by atoms with Crippen molar-refractivity contribution >= 4 is 28.7 Å². The van der Waals surface area contributed by atoms with Crippen LogP contribution in [0.2, 0.25) is 0 Å². The molecule has 0 spiro atoms. The number of phenolic OH excluding ortho intramolecular Hbond substituents is 1. The number of amides is 1. The van der Waals surface area contributed by atoms with Gasteiger partial charge >= 0.3 is 12.1 Å². The van der Waals surface area contributed by atoms with Gasteiger partial charge in [0.15, 0.2) is 0 Å². The minimum atomic E-state index is -0.906. The number of phenols is 1. The first-order valence-corrected chi connectivity index (χ1v) is 18.5. The van der Waals surface area contributed by atoms with Crippen molar-refractivity contribution in [3.8, 4) is 11.5 Å². The summed E-state index contributed by atoms with van der Waals surface area (Å²) >= 11 is 0. The van der Waals surface area contributed by atoms with Crippen LogP contribution in [0.3, 0.4) is 0 Å². The van der Waals surface area contributed by atoms with Crippen molar-refractivity contribution in [1.82, 2.24) is 20.5 Å². The normalized spacial score (nSPS) is 19.4. The summed E-state index contributed by atoms with van der Waals surface area (Å²) in [5.74, 6) is 0.151. The standard InChI is InChI=1S/C41H48N6O8/c1-43-29(22-33(42)40(51)53-20-6-17-44-23-35(49)31-11-13-34(48)39-32(31)12-14-37(50)45-39)25-54-30-10-5-9-28(21-30)38(27-7-3-2-4-8-27)46-41(52)55-36-24-47-18-15-26(36)16-19-47/h2-5,7-14,21-22,26,35-36,38,44,48-49H,6,15-20,23-25,42H2,1H3,(H,45,50)(H,46,52)/t35?,36-,38-/m0/s1. The molecule has 290 valence electrons. The number of aliphatic hydroxyl groups is 1. The molecule has 1 amide bonds. The highest BCUT2D eigenvalue weighted by atomic mass is 16.6. The number of alkyl carbamates (subject to hydrolysis) is 1. The van der Waals surface area contributed by atoms with Gasteiger partial charge in [0.05, 0.1) is 30.0 Å². The molecular formula is C41H48N6O8. The zero-order chi connectivity index (χ0) is 38.7. The van der Waals surface area contributed by atoms with Crippen LogP contribution >= 0.6 is 0 Å². The van der Waals surface area contributed by atoms with Gasteiger partial charge in [-0.2, -0.15) is 0 Å². The summed E-state index contributed by atoms with van der Waals surface area (Å²) in [6, 6.07) is 22.5. The number of aliphatic imine (C=N–C) groups is 1. The van der Waals surface area contributed by atoms with Crippen molar-refractivity contribution in [2.75, 3.05) is 53.0 Å². The Bertz CT molecular complexity index is 2060. The number of fused-ring (bicyclic) bond motifs is 4. The first kappa shape index (κ1) is 39.0. The van der Waals surface area contributed by atoms with E-state index in [-0.39, 0.29) is 48.4 Å². The lowest BCUT2D eigenvalue weighted by Gasteiger charge is -2.43. The number of aromatic nitrogens is 1. The van der Waals surface area contributed by atoms with Gasteiger partial charge < -0.3 is 45.8 Å². The van der Waals surface area contributed by atoms with Gasteiger partial charge in [-0.25, -0.2) is 9.59 Å². The summed E-state index contributed by atoms with van der Waals surface area (Å²) in [7, 11) is 1.57. The first-order chi connectivity index (χ1) is 26.7. The summed E-state index contributed by atoms with van der Waals surface area (Å²) < 4.78 is 17.3. The number of hydrogen-bond acceptors (Lipinski definition) is 12. The van der Waals surface area contributed by atoms with Crippen LogP contribution in [-0.4, -0.2) is 97.0 Å². The number of esters is 1. The zero-order valence-corrected chi connectivity index (χ0v) is 30.8. The van der Waals surface area contributed by atoms with E-state index in [9.17, 15) is 24.6 Å². The maximum Gasteiger partial charge on any atom is 0.408 e. The minimum Gasteiger partial charge on any atom is -0.506 e. The van der Waals surface area contributed by atoms with E-state index in [1.54, 1.807) is 25.2 Å². The average molecular weight is 753 g/mol. The Hall–Kier alpha value is -5.70. The second kappa shape index (κ2) is 18.6. The lowest BCUT2D eigenvalue weighted by Crippen LogP contribution is -2.52. The number of aromatic amines is 1. The fourth-order valence-corrected chi connectivity index (χ4v) is 7.03. The Morgan fingerprint density at radius 3 is 2.58 bits per heavy atom. The first-order valence-electron chi connectivity index (χ1n) is 18.5. The number of aromatic hydroxyl groups is 1. The molecule has 1 unspecified atom stereocenters. The van der Waals surface area contributed by atoms with Gasteiger partial charge in [-0.1, -0.05) is 48.5 Å². The fraction of sp³-hybridized carbons (Fsp3) is 0.366. The molecule has 0 radical (unpaired) electrons. The molecule has 14 heteroatoms. The number of rotatable bonds is 16. The molecule has 7 N–H and O–H groups in total. The monoisotopic (exact) mass is 752 g/mol. The minimum absolute atomic E-state index is 0.0254. The molecule has 4 aromatic rings. The predicted molar refractivity (Wildman–Crippen MR) is 208 cm³/mol. The quantitative estimate of drug-likeness (QED) is 0.0422. The third kappa shape index (κ3) is 10.3. The lowest BCUT2D eigenvalue weighted by molar-refractivity contribution is -0.139. The zero-order valence-electron chi connectivity index (χ0n) is 30.8. The smallest absolute Gasteiger partial charge is 0.408 e. The number of piperidine rings is 3. The Kier molecular flexibility index (Phi) is 13.2. The number of benzene rings is 3. The van der Waals surface area contributed by atoms with E-state index in [0.29, 0.717) is 41.3 Å². The van der Waals surface area contributed by atoms with Crippen molar-refractivity contribution < 1.29 is 34.0 Å². The number of pyridine rings is 1. The molecule has 1 aromatic heterocycles. The van der Waals surface area contributed by atoms with Crippen LogP contribution in [0.1, 0.15) is 48.1 Å². The second-order valence-corrected chi connectivity index (χ2v) is 13.7. The van der Waals surface area contributed by atoms with Gasteiger partial charge in [0.1, 0.15) is 29.9 Å². The van der Waals surface area contributed by atoms with Crippen molar-refractivity contribution in [2.24, 2.45) is 16.6 Å². The van der Waals surface area contributed by atoms with Crippen LogP contribution in [0.15, 0.2) is 100 Å². The summed E-state index contributed by atoms with van der Waals surface area (Å²) in [5, 5.41) is 27.5. The number of carbonyl (C=O) groups excluding carboxylic acids is 2. The predicted octanol–water partition coefficient (Wildman–Crippen LogP) is 3.69. The third-order valence-corrected chi connectivity index (χ3v) is 10.0. The second-order valence-electron chi connectivity index (χ2n) is 13.7. The molecule has 3 atom stereocenters. The number of nitrogens with zero attached hydrogens (tertiary/aromatic N) is 2. The van der Waals surface area contributed by atoms with Crippen molar-refractivity contribution in [3.63, 3.8) is 0 Å². The molecule has 0 saturated carbocycles. The molecule has 2 bridgehead atoms. The fourth-order valence-electron chi connectivity index (χ4n) is 7.03. The van der Waals surface area contributed by atoms with Crippen LogP contribution < -0.4 is 26.7 Å². The Balaban J connectivity index is 0.966. The van der Waals surface area contributed by atoms with Crippen LogP contribution in [0, 0.1) is 5.92 Å². The highest BCUT2D eigenvalue weighted by Gasteiger charge is 2.37. The van der Waals surface area contributed by atoms with Crippen molar-refractivity contribution in [3.05, 3.63) is 118 Å². The van der Waals surface area contributed by atoms with E-state index in [1.807, 2.05) is 48.5 Å². The molecule has 14 nitrogen and oxygen atoms in total. The van der Waals surface area contributed by atoms with E-state index < -0.39 is 24.2 Å². The third-order valence-electron chi connectivity index (χ3n) is 10.0. The topological polar surface area (TPSA) is 201 Å². The Morgan fingerprint density at radius 1 is 1.05 bits per heavy atom. The highest BCUT2D eigenvalue weighted by molar-refractivity contribution is 6.02. The largest absolute Gasteiger partial charge is 0.506 e. The number of H-pyrrole nitrogens is 1. The number of hydrogen-bond donors (Lipinski definition) is 6. The molecule has 3 aliphatic heterocycles. The number of ether oxygens (including phenoxy) is 3. The van der Waals surface area contributed by atoms with E-state index in [0.717, 1.165) is 43.6 Å². The van der Waals surface area contributed by atoms with Crippen LogP contribution in [-0.2, 0) is 14.3 Å². The van der Waals surface area contributed by atoms with E-state index in [2.05, 4.69) is 25.5 Å². The van der Waals surface area contributed by atoms with E-state index in [1.165, 1.54) is 18.2 Å². The van der Waals surface area contributed by atoms with Gasteiger partial charge in [-0.05, 0) is 91.8 Å². The lowest BCUT2D eigenvalue weighted by atomic mass is 9.86. The SMILES string of the molecule is CN=C(C=C(N)C(=O)OCCCNCC(O)c1ccc(O)c2[nH]c(=O)ccc12)COc1cccc([C@@H](NC(=O)O[C@H]2CN3CCC2CC3)c2ccccc2)c1. The van der Waals surface area contributed by atoms with Gasteiger partial charge in [0.25, 0.3) is 0 Å². The number of aliphatic hydroxyl groups excluding tert-OH is 1. The summed E-state index contributed by atoms with van der Waals surface area (Å²) in [5.41, 5.74) is 8.49. The molecule has 3 aliphatic rings. The molecule has 0 aliphatic carbocycles. The van der Waals surface area contributed by atoms with Crippen molar-refractivity contribution in [1.29, 1.82) is 0 Å². The molecular weight excluding hydrogens is 704 g/mol. The Morgan fingerprint density at radius 2 is 1.84 bits per heavy atom. The van der Waals surface area contributed by atoms with Gasteiger partial charge in [0.2, 0.25) is 5.56 Å². The van der Waals surface area contributed by atoms with Crippen LogP contribution in [0.4, 0.5) is 4.79 Å². The number of carbonyl (C=O) groups is 2. The summed E-state index contributed by atoms with van der Waals surface area (Å²) in [6.07, 6.45) is 2.49. The highest BCUT2D eigenvalue weighted by Crippen LogP contribution is 2.31. The Labute approximate surface area is 319 Å². The number of nitrogens with two attached hydrogens (primary N) is 1. The maximum absolute atomic E-state index is 13.2. The van der Waals surface area contributed by atoms with E-state index >= 15 is 0 Å². The van der Waals surface area contributed by atoms with Gasteiger partial charge in [0, 0.05) is 31.6 Å². The molecule has 4 heterocycles. The van der Waals surface area contributed by atoms with Crippen molar-refractivity contribution in [2.45, 2.75) is 37.5 Å². The summed E-state index contributed by atoms with van der Waals surface area (Å²) in [6.45, 7) is 3.65. The molecule has 3 fully saturated rings. The molecule has 3 aromatic carbocycles. The molecule has 3 saturated heterocycles. The van der Waals surface area contributed by atoms with Crippen LogP contribution in [0.5, 0.6) is 11.5 Å². The molecule has 55 heavy (non-hydrogen) atoms. The molecule has 7 rings (SSSR count). The summed E-state index contributed by atoms with van der Waals surface area (Å²) in [4.78, 5) is 46.6. The average Bonchev–Trinajstić information content (AvgIpc) is 3.20. The maximum atomic E-state index is 13.2.